The van der Waals surface area contributed by atoms with Crippen LogP contribution in [-0.4, -0.2) is 9.13 Å². The Balaban J connectivity index is 1.14. The van der Waals surface area contributed by atoms with Crippen molar-refractivity contribution in [2.24, 2.45) is 0 Å². The molecule has 0 aliphatic carbocycles. The van der Waals surface area contributed by atoms with E-state index in [9.17, 15) is 0 Å². The lowest BCUT2D eigenvalue weighted by molar-refractivity contribution is 1.18. The minimum absolute atomic E-state index is 1.16. The first kappa shape index (κ1) is 26.8. The molecule has 0 atom stereocenters. The van der Waals surface area contributed by atoms with Gasteiger partial charge in [-0.05, 0) is 87.6 Å². The van der Waals surface area contributed by atoms with Crippen LogP contribution < -0.4 is 0 Å². The van der Waals surface area contributed by atoms with Gasteiger partial charge in [0.25, 0.3) is 0 Å². The van der Waals surface area contributed by atoms with Crippen LogP contribution >= 0.6 is 0 Å². The lowest BCUT2D eigenvalue weighted by atomic mass is 9.91. The fraction of sp³-hybridized carbons (Fsp3) is 0. The van der Waals surface area contributed by atoms with Gasteiger partial charge in [0.05, 0.1) is 22.1 Å². The summed E-state index contributed by atoms with van der Waals surface area (Å²) in [6.07, 6.45) is 0. The van der Waals surface area contributed by atoms with Crippen molar-refractivity contribution in [2.75, 3.05) is 0 Å². The summed E-state index contributed by atoms with van der Waals surface area (Å²) in [5, 5.41) is 7.59. The average Bonchev–Trinajstić information content (AvgIpc) is 3.67. The third-order valence-electron chi connectivity index (χ3n) is 9.92. The second-order valence-electron chi connectivity index (χ2n) is 12.5. The predicted octanol–water partition coefficient (Wildman–Crippen LogP) is 12.4. The van der Waals surface area contributed by atoms with Crippen LogP contribution in [0.2, 0.25) is 0 Å². The van der Waals surface area contributed by atoms with Crippen LogP contribution in [0.5, 0.6) is 0 Å². The van der Waals surface area contributed by atoms with Crippen LogP contribution in [-0.2, 0) is 0 Å². The first-order valence-corrected chi connectivity index (χ1v) is 16.5. The summed E-state index contributed by atoms with van der Waals surface area (Å²) in [7, 11) is 0. The van der Waals surface area contributed by atoms with Crippen molar-refractivity contribution in [1.29, 1.82) is 0 Å². The molecule has 0 saturated heterocycles. The molecule has 0 unspecified atom stereocenters. The molecule has 0 aliphatic rings. The van der Waals surface area contributed by atoms with Gasteiger partial charge < -0.3 is 9.13 Å². The van der Waals surface area contributed by atoms with E-state index in [1.54, 1.807) is 0 Å². The van der Waals surface area contributed by atoms with E-state index in [0.29, 0.717) is 0 Å². The summed E-state index contributed by atoms with van der Waals surface area (Å²) in [5.41, 5.74) is 12.1. The number of rotatable bonds is 4. The van der Waals surface area contributed by atoms with Gasteiger partial charge in [-0.2, -0.15) is 0 Å². The highest BCUT2D eigenvalue weighted by Crippen LogP contribution is 2.40. The highest BCUT2D eigenvalue weighted by Gasteiger charge is 2.16. The topological polar surface area (TPSA) is 9.86 Å². The number of aromatic nitrogens is 2. The van der Waals surface area contributed by atoms with Gasteiger partial charge in [0.15, 0.2) is 0 Å². The monoisotopic (exact) mass is 610 g/mol. The number of para-hydroxylation sites is 4. The second kappa shape index (κ2) is 10.6. The van der Waals surface area contributed by atoms with Crippen molar-refractivity contribution in [3.8, 4) is 33.6 Å². The first-order chi connectivity index (χ1) is 23.8. The minimum atomic E-state index is 1.16. The maximum atomic E-state index is 2.38. The van der Waals surface area contributed by atoms with Crippen molar-refractivity contribution < 1.29 is 0 Å². The molecule has 8 aromatic carbocycles. The second-order valence-corrected chi connectivity index (χ2v) is 12.5. The van der Waals surface area contributed by atoms with E-state index < -0.39 is 0 Å². The van der Waals surface area contributed by atoms with Crippen LogP contribution in [0.3, 0.4) is 0 Å². The quantitative estimate of drug-likeness (QED) is 0.188. The normalized spacial score (nSPS) is 11.8. The van der Waals surface area contributed by atoms with Crippen molar-refractivity contribution in [3.05, 3.63) is 182 Å². The summed E-state index contributed by atoms with van der Waals surface area (Å²) in [4.78, 5) is 0. The van der Waals surface area contributed by atoms with Gasteiger partial charge in [-0.15, -0.1) is 0 Å². The van der Waals surface area contributed by atoms with E-state index in [1.807, 2.05) is 0 Å². The van der Waals surface area contributed by atoms with Crippen molar-refractivity contribution >= 4 is 54.4 Å². The van der Waals surface area contributed by atoms with E-state index >= 15 is 0 Å². The fourth-order valence-corrected chi connectivity index (χ4v) is 7.81. The largest absolute Gasteiger partial charge is 0.309 e. The number of fused-ring (bicyclic) bond motifs is 7. The molecule has 48 heavy (non-hydrogen) atoms. The maximum absolute atomic E-state index is 2.38. The SMILES string of the molecule is c1ccc(-n2c3ccccc3c3cc(-c4cccc5cccc(-c6ccc(-n7c8ccccc8c8ccccc87)cc6)c45)ccc32)cc1. The van der Waals surface area contributed by atoms with Crippen molar-refractivity contribution in [1.82, 2.24) is 9.13 Å². The molecule has 0 N–H and O–H groups in total. The summed E-state index contributed by atoms with van der Waals surface area (Å²) >= 11 is 0. The highest BCUT2D eigenvalue weighted by molar-refractivity contribution is 6.13. The van der Waals surface area contributed by atoms with Gasteiger partial charge in [-0.3, -0.25) is 0 Å². The van der Waals surface area contributed by atoms with Gasteiger partial charge in [0, 0.05) is 32.9 Å². The zero-order valence-corrected chi connectivity index (χ0v) is 26.2. The van der Waals surface area contributed by atoms with Crippen LogP contribution in [0.25, 0.3) is 88.0 Å². The van der Waals surface area contributed by atoms with Crippen LogP contribution in [0.1, 0.15) is 0 Å². The number of hydrogen-bond donors (Lipinski definition) is 0. The minimum Gasteiger partial charge on any atom is -0.309 e. The Hall–Kier alpha value is -6.38. The number of benzene rings is 8. The van der Waals surface area contributed by atoms with Gasteiger partial charge in [0.1, 0.15) is 0 Å². The highest BCUT2D eigenvalue weighted by atomic mass is 15.0. The molecular weight excluding hydrogens is 581 g/mol. The zero-order chi connectivity index (χ0) is 31.6. The molecule has 10 rings (SSSR count). The molecule has 2 heteroatoms. The summed E-state index contributed by atoms with van der Waals surface area (Å²) in [6.45, 7) is 0. The van der Waals surface area contributed by atoms with Gasteiger partial charge in [-0.25, -0.2) is 0 Å². The third kappa shape index (κ3) is 4.00. The van der Waals surface area contributed by atoms with Crippen molar-refractivity contribution in [2.45, 2.75) is 0 Å². The summed E-state index contributed by atoms with van der Waals surface area (Å²) in [6, 6.07) is 66.2. The Labute approximate surface area is 278 Å². The lowest BCUT2D eigenvalue weighted by Gasteiger charge is -2.14. The smallest absolute Gasteiger partial charge is 0.0541 e. The molecule has 0 fully saturated rings. The lowest BCUT2D eigenvalue weighted by Crippen LogP contribution is -1.94. The van der Waals surface area contributed by atoms with Crippen LogP contribution in [0.15, 0.2) is 182 Å². The fourth-order valence-electron chi connectivity index (χ4n) is 7.81. The Kier molecular flexibility index (Phi) is 5.91. The van der Waals surface area contributed by atoms with Crippen molar-refractivity contribution in [3.63, 3.8) is 0 Å². The van der Waals surface area contributed by atoms with Gasteiger partial charge in [-0.1, -0.05) is 127 Å². The van der Waals surface area contributed by atoms with Gasteiger partial charge >= 0.3 is 0 Å². The molecule has 0 aliphatic heterocycles. The molecule has 224 valence electrons. The molecule has 0 radical (unpaired) electrons. The van der Waals surface area contributed by atoms with E-state index in [2.05, 4.69) is 191 Å². The standard InChI is InChI=1S/C46H30N2/c1-2-14-34(15-3-1)47-44-23-9-6-18-40(44)41-30-33(26-29-45(41)47)37-20-11-13-32-12-10-19-36(46(32)37)31-24-27-35(28-25-31)48-42-21-7-4-16-38(42)39-17-5-8-22-43(39)48/h1-30H. The Bertz CT molecular complexity index is 2760. The van der Waals surface area contributed by atoms with E-state index in [0.717, 1.165) is 5.69 Å². The molecule has 0 spiro atoms. The van der Waals surface area contributed by atoms with E-state index in [-0.39, 0.29) is 0 Å². The zero-order valence-electron chi connectivity index (χ0n) is 26.2. The molecule has 2 aromatic heterocycles. The molecule has 0 amide bonds. The summed E-state index contributed by atoms with van der Waals surface area (Å²) in [5.74, 6) is 0. The first-order valence-electron chi connectivity index (χ1n) is 16.5. The molecule has 0 saturated carbocycles. The molecule has 2 nitrogen and oxygen atoms in total. The average molecular weight is 611 g/mol. The van der Waals surface area contributed by atoms with E-state index in [4.69, 9.17) is 0 Å². The predicted molar refractivity (Wildman–Crippen MR) is 203 cm³/mol. The number of nitrogens with zero attached hydrogens (tertiary/aromatic N) is 2. The molecule has 2 heterocycles. The summed E-state index contributed by atoms with van der Waals surface area (Å²) < 4.78 is 4.76. The van der Waals surface area contributed by atoms with Crippen LogP contribution in [0, 0.1) is 0 Å². The Morgan fingerprint density at radius 2 is 0.750 bits per heavy atom. The molecular formula is C46H30N2. The molecule has 10 aromatic rings. The van der Waals surface area contributed by atoms with Gasteiger partial charge in [0.2, 0.25) is 0 Å². The van der Waals surface area contributed by atoms with E-state index in [1.165, 1.54) is 82.3 Å². The van der Waals surface area contributed by atoms with Crippen LogP contribution in [0.4, 0.5) is 0 Å². The Morgan fingerprint density at radius 1 is 0.292 bits per heavy atom. The Morgan fingerprint density at radius 3 is 1.35 bits per heavy atom. The maximum Gasteiger partial charge on any atom is 0.0541 e. The number of hydrogen-bond acceptors (Lipinski definition) is 0. The third-order valence-corrected chi connectivity index (χ3v) is 9.92. The molecule has 0 bridgehead atoms.